The van der Waals surface area contributed by atoms with Crippen molar-refractivity contribution < 1.29 is 4.79 Å². The van der Waals surface area contributed by atoms with Gasteiger partial charge in [-0.25, -0.2) is 4.98 Å². The first kappa shape index (κ1) is 14.6. The zero-order valence-corrected chi connectivity index (χ0v) is 12.7. The summed E-state index contributed by atoms with van der Waals surface area (Å²) in [5.74, 6) is -0.179. The number of carbonyl (C=O) groups excluding carboxylic acids is 1. The van der Waals surface area contributed by atoms with Crippen LogP contribution in [0.5, 0.6) is 0 Å². The standard InChI is InChI=1S/C15H10Cl2N4O/c16-10-3-4-11(14-9(10)2-1-5-19-14)20-15(22)8-6-12(17)21-13(18)7-8/h1-7H,(H2,18,21)(H,20,22). The number of carbonyl (C=O) groups is 1. The minimum Gasteiger partial charge on any atom is -0.384 e. The van der Waals surface area contributed by atoms with E-state index in [-0.39, 0.29) is 16.9 Å². The number of hydrogen-bond donors (Lipinski definition) is 2. The summed E-state index contributed by atoms with van der Waals surface area (Å²) in [4.78, 5) is 20.4. The molecule has 3 aromatic rings. The van der Waals surface area contributed by atoms with Crippen LogP contribution in [0.3, 0.4) is 0 Å². The van der Waals surface area contributed by atoms with Gasteiger partial charge in [-0.2, -0.15) is 0 Å². The number of anilines is 2. The number of rotatable bonds is 2. The second-order valence-corrected chi connectivity index (χ2v) is 5.35. The second kappa shape index (κ2) is 5.79. The van der Waals surface area contributed by atoms with Crippen molar-refractivity contribution >= 4 is 51.5 Å². The molecule has 22 heavy (non-hydrogen) atoms. The maximum atomic E-state index is 12.3. The van der Waals surface area contributed by atoms with E-state index >= 15 is 0 Å². The molecule has 0 spiro atoms. The van der Waals surface area contributed by atoms with Crippen molar-refractivity contribution in [1.82, 2.24) is 9.97 Å². The SMILES string of the molecule is Nc1cc(C(=O)Nc2ccc(Cl)c3cccnc23)cc(Cl)n1. The van der Waals surface area contributed by atoms with Crippen LogP contribution >= 0.6 is 23.2 Å². The smallest absolute Gasteiger partial charge is 0.255 e. The molecule has 0 aliphatic rings. The van der Waals surface area contributed by atoms with Gasteiger partial charge in [-0.3, -0.25) is 9.78 Å². The molecule has 0 aliphatic heterocycles. The Morgan fingerprint density at radius 1 is 1.18 bits per heavy atom. The highest BCUT2D eigenvalue weighted by Crippen LogP contribution is 2.28. The highest BCUT2D eigenvalue weighted by atomic mass is 35.5. The van der Waals surface area contributed by atoms with Crippen LogP contribution in [0.15, 0.2) is 42.6 Å². The Labute approximate surface area is 136 Å². The third-order valence-corrected chi connectivity index (χ3v) is 3.56. The Morgan fingerprint density at radius 3 is 2.77 bits per heavy atom. The Balaban J connectivity index is 1.99. The number of fused-ring (bicyclic) bond motifs is 1. The van der Waals surface area contributed by atoms with Crippen LogP contribution in [0.4, 0.5) is 11.5 Å². The largest absolute Gasteiger partial charge is 0.384 e. The zero-order chi connectivity index (χ0) is 15.7. The van der Waals surface area contributed by atoms with Crippen molar-refractivity contribution in [1.29, 1.82) is 0 Å². The molecule has 0 saturated heterocycles. The molecule has 3 N–H and O–H groups in total. The molecular weight excluding hydrogens is 323 g/mol. The maximum absolute atomic E-state index is 12.3. The summed E-state index contributed by atoms with van der Waals surface area (Å²) < 4.78 is 0. The lowest BCUT2D eigenvalue weighted by Crippen LogP contribution is -2.13. The Hall–Kier alpha value is -2.37. The molecule has 0 fully saturated rings. The van der Waals surface area contributed by atoms with Crippen LogP contribution in [-0.2, 0) is 0 Å². The third kappa shape index (κ3) is 2.81. The van der Waals surface area contributed by atoms with Gasteiger partial charge in [0.05, 0.1) is 16.2 Å². The minimum atomic E-state index is -0.356. The van der Waals surface area contributed by atoms with Crippen molar-refractivity contribution in [2.45, 2.75) is 0 Å². The number of aromatic nitrogens is 2. The topological polar surface area (TPSA) is 80.9 Å². The van der Waals surface area contributed by atoms with E-state index < -0.39 is 0 Å². The number of nitrogen functional groups attached to an aromatic ring is 1. The Bertz CT molecular complexity index is 862. The average Bonchev–Trinajstić information content (AvgIpc) is 2.49. The van der Waals surface area contributed by atoms with Gasteiger partial charge in [-0.15, -0.1) is 0 Å². The summed E-state index contributed by atoms with van der Waals surface area (Å²) in [6.45, 7) is 0. The number of nitrogens with zero attached hydrogens (tertiary/aromatic N) is 2. The highest BCUT2D eigenvalue weighted by molar-refractivity contribution is 6.36. The molecular formula is C15H10Cl2N4O. The van der Waals surface area contributed by atoms with E-state index in [2.05, 4.69) is 15.3 Å². The van der Waals surface area contributed by atoms with Crippen LogP contribution in [0.1, 0.15) is 10.4 Å². The third-order valence-electron chi connectivity index (χ3n) is 3.04. The summed E-state index contributed by atoms with van der Waals surface area (Å²) in [6.07, 6.45) is 1.63. The first-order valence-electron chi connectivity index (χ1n) is 6.32. The van der Waals surface area contributed by atoms with Gasteiger partial charge in [0.25, 0.3) is 5.91 Å². The molecule has 2 aromatic heterocycles. The van der Waals surface area contributed by atoms with E-state index in [1.807, 2.05) is 6.07 Å². The van der Waals surface area contributed by atoms with Crippen molar-refractivity contribution in [2.24, 2.45) is 0 Å². The van der Waals surface area contributed by atoms with Crippen molar-refractivity contribution in [3.63, 3.8) is 0 Å². The summed E-state index contributed by atoms with van der Waals surface area (Å²) >= 11 is 11.9. The summed E-state index contributed by atoms with van der Waals surface area (Å²) in [5, 5.41) is 4.26. The summed E-state index contributed by atoms with van der Waals surface area (Å²) in [5.41, 5.74) is 7.07. The Morgan fingerprint density at radius 2 is 2.00 bits per heavy atom. The fraction of sp³-hybridized carbons (Fsp3) is 0. The average molecular weight is 333 g/mol. The van der Waals surface area contributed by atoms with Crippen molar-refractivity contribution in [3.05, 3.63) is 58.3 Å². The monoisotopic (exact) mass is 332 g/mol. The molecule has 1 aromatic carbocycles. The van der Waals surface area contributed by atoms with Gasteiger partial charge >= 0.3 is 0 Å². The zero-order valence-electron chi connectivity index (χ0n) is 11.2. The van der Waals surface area contributed by atoms with Gasteiger partial charge < -0.3 is 11.1 Å². The van der Waals surface area contributed by atoms with Crippen LogP contribution in [0.2, 0.25) is 10.2 Å². The van der Waals surface area contributed by atoms with Gasteiger partial charge in [0.15, 0.2) is 0 Å². The predicted octanol–water partition coefficient (Wildman–Crippen LogP) is 3.77. The summed E-state index contributed by atoms with van der Waals surface area (Å²) in [6, 6.07) is 9.91. The maximum Gasteiger partial charge on any atom is 0.255 e. The molecule has 0 atom stereocenters. The molecule has 3 rings (SSSR count). The predicted molar refractivity (Wildman–Crippen MR) is 88.4 cm³/mol. The van der Waals surface area contributed by atoms with Crippen LogP contribution in [-0.4, -0.2) is 15.9 Å². The molecule has 0 unspecified atom stereocenters. The number of halogens is 2. The number of benzene rings is 1. The van der Waals surface area contributed by atoms with Gasteiger partial charge in [0.1, 0.15) is 11.0 Å². The number of amides is 1. The van der Waals surface area contributed by atoms with E-state index in [9.17, 15) is 4.79 Å². The number of pyridine rings is 2. The Kier molecular flexibility index (Phi) is 3.83. The van der Waals surface area contributed by atoms with Gasteiger partial charge in [-0.1, -0.05) is 23.2 Å². The van der Waals surface area contributed by atoms with Gasteiger partial charge in [-0.05, 0) is 36.4 Å². The molecule has 0 bridgehead atoms. The van der Waals surface area contributed by atoms with Crippen LogP contribution < -0.4 is 11.1 Å². The first-order valence-corrected chi connectivity index (χ1v) is 7.08. The molecule has 0 aliphatic carbocycles. The normalized spacial score (nSPS) is 10.6. The van der Waals surface area contributed by atoms with Crippen molar-refractivity contribution in [3.8, 4) is 0 Å². The lowest BCUT2D eigenvalue weighted by atomic mass is 10.1. The lowest BCUT2D eigenvalue weighted by Gasteiger charge is -2.09. The van der Waals surface area contributed by atoms with E-state index in [4.69, 9.17) is 28.9 Å². The van der Waals surface area contributed by atoms with Crippen molar-refractivity contribution in [2.75, 3.05) is 11.1 Å². The quantitative estimate of drug-likeness (QED) is 0.700. The first-order chi connectivity index (χ1) is 10.5. The minimum absolute atomic E-state index is 0.157. The molecule has 2 heterocycles. The molecule has 5 nitrogen and oxygen atoms in total. The molecule has 0 saturated carbocycles. The molecule has 0 radical (unpaired) electrons. The van der Waals surface area contributed by atoms with Crippen LogP contribution in [0.25, 0.3) is 10.9 Å². The summed E-state index contributed by atoms with van der Waals surface area (Å²) in [7, 11) is 0. The van der Waals surface area contributed by atoms with E-state index in [0.29, 0.717) is 21.8 Å². The van der Waals surface area contributed by atoms with Gasteiger partial charge in [0, 0.05) is 17.1 Å². The fourth-order valence-electron chi connectivity index (χ4n) is 2.08. The van der Waals surface area contributed by atoms with E-state index in [1.54, 1.807) is 24.4 Å². The number of nitrogens with one attached hydrogen (secondary N) is 1. The number of nitrogens with two attached hydrogens (primary N) is 1. The highest BCUT2D eigenvalue weighted by Gasteiger charge is 2.12. The fourth-order valence-corrected chi connectivity index (χ4v) is 2.51. The molecule has 1 amide bonds. The van der Waals surface area contributed by atoms with Gasteiger partial charge in [0.2, 0.25) is 0 Å². The molecule has 7 heteroatoms. The lowest BCUT2D eigenvalue weighted by molar-refractivity contribution is 0.102. The molecule has 110 valence electrons. The van der Waals surface area contributed by atoms with E-state index in [1.165, 1.54) is 12.1 Å². The number of hydrogen-bond acceptors (Lipinski definition) is 4. The van der Waals surface area contributed by atoms with Crippen LogP contribution in [0, 0.1) is 0 Å². The second-order valence-electron chi connectivity index (χ2n) is 4.55. The van der Waals surface area contributed by atoms with E-state index in [0.717, 1.165) is 5.39 Å².